The minimum Gasteiger partial charge on any atom is -0.355 e. The Morgan fingerprint density at radius 2 is 1.75 bits per heavy atom. The molecule has 0 radical (unpaired) electrons. The molecule has 6 heterocycles. The summed E-state index contributed by atoms with van der Waals surface area (Å²) >= 11 is 10.1. The number of nitrogens with one attached hydrogen (secondary N) is 1. The van der Waals surface area contributed by atoms with Gasteiger partial charge in [0.05, 0.1) is 21.0 Å². The highest BCUT2D eigenvalue weighted by Gasteiger charge is 2.54. The van der Waals surface area contributed by atoms with Gasteiger partial charge in [-0.05, 0) is 125 Å². The number of fused-ring (bicyclic) bond motifs is 6. The maximum Gasteiger partial charge on any atom is 0.156 e. The molecule has 3 aliphatic heterocycles. The molecule has 0 aromatic carbocycles. The summed E-state index contributed by atoms with van der Waals surface area (Å²) in [7, 11) is 0. The molecular formula is C27H21I4N5. The molecule has 0 aliphatic carbocycles. The zero-order valence-electron chi connectivity index (χ0n) is 19.2. The summed E-state index contributed by atoms with van der Waals surface area (Å²) in [6.45, 7) is 3.04. The van der Waals surface area contributed by atoms with Crippen molar-refractivity contribution >= 4 is 114 Å². The highest BCUT2D eigenvalue weighted by Crippen LogP contribution is 2.56. The molecule has 0 saturated carbocycles. The largest absolute Gasteiger partial charge is 0.355 e. The molecular weight excluding hydrogens is 902 g/mol. The van der Waals surface area contributed by atoms with Crippen LogP contribution in [0, 0.1) is 0 Å². The highest BCUT2D eigenvalue weighted by atomic mass is 127. The van der Waals surface area contributed by atoms with Crippen LogP contribution in [0.5, 0.6) is 0 Å². The van der Waals surface area contributed by atoms with Crippen LogP contribution in [-0.4, -0.2) is 37.0 Å². The van der Waals surface area contributed by atoms with Crippen molar-refractivity contribution < 1.29 is 0 Å². The van der Waals surface area contributed by atoms with Crippen molar-refractivity contribution in [1.29, 1.82) is 0 Å². The second kappa shape index (κ2) is 9.43. The normalized spacial score (nSPS) is 30.5. The molecule has 36 heavy (non-hydrogen) atoms. The lowest BCUT2D eigenvalue weighted by Gasteiger charge is -2.38. The molecule has 9 heteroatoms. The third-order valence-electron chi connectivity index (χ3n) is 6.69. The van der Waals surface area contributed by atoms with Gasteiger partial charge in [0, 0.05) is 34.8 Å². The zero-order valence-corrected chi connectivity index (χ0v) is 27.8. The van der Waals surface area contributed by atoms with Crippen molar-refractivity contribution in [3.05, 3.63) is 101 Å². The molecule has 0 spiro atoms. The number of nitrogens with zero attached hydrogens (tertiary/aromatic N) is 4. The molecule has 3 aromatic rings. The van der Waals surface area contributed by atoms with Crippen molar-refractivity contribution in [2.75, 3.05) is 0 Å². The van der Waals surface area contributed by atoms with E-state index in [1.165, 1.54) is 5.69 Å². The molecule has 4 atom stereocenters. The quantitative estimate of drug-likeness (QED) is 0.203. The molecule has 5 nitrogen and oxygen atoms in total. The van der Waals surface area contributed by atoms with Crippen molar-refractivity contribution in [2.45, 2.75) is 27.9 Å². The number of hydrogen-bond acceptors (Lipinski definition) is 3. The molecule has 0 fully saturated rings. The molecule has 6 rings (SSSR count). The third kappa shape index (κ3) is 4.05. The number of pyridine rings is 1. The summed E-state index contributed by atoms with van der Waals surface area (Å²) < 4.78 is 0.960. The standard InChI is InChI=1S/C27H21I4N5/c1-2-36-20-8-9-23(36)27(31,22-5-3-4-14-32-22)26(30)13-11-21(35-26)24(28)25(29)12-10-19(34-25)15-17-6-7-18(16-20)33-17/h3-16,24,33H,2H2,1H3. The topological polar surface area (TPSA) is 58.3 Å². The third-order valence-corrected chi connectivity index (χ3v) is 15.1. The van der Waals surface area contributed by atoms with Crippen molar-refractivity contribution in [1.82, 2.24) is 14.5 Å². The van der Waals surface area contributed by atoms with Gasteiger partial charge in [-0.25, -0.2) is 0 Å². The lowest BCUT2D eigenvalue weighted by molar-refractivity contribution is 0.577. The number of alkyl halides is 4. The summed E-state index contributed by atoms with van der Waals surface area (Å²) in [5.41, 5.74) is 5.32. The summed E-state index contributed by atoms with van der Waals surface area (Å²) in [4.78, 5) is 19.0. The molecule has 0 saturated heterocycles. The SMILES string of the molecule is CCn1c2ccc1C(I)(c1ccccn1)C1(I)C=CC(=N1)C(I)C1(I)C=CC(=N1)C=c1ccc([nH]1)=C2. The van der Waals surface area contributed by atoms with Crippen LogP contribution in [0.2, 0.25) is 0 Å². The Morgan fingerprint density at radius 3 is 2.50 bits per heavy atom. The van der Waals surface area contributed by atoms with Gasteiger partial charge < -0.3 is 9.55 Å². The molecule has 0 amide bonds. The lowest BCUT2D eigenvalue weighted by atomic mass is 9.92. The molecule has 3 aromatic heterocycles. The van der Waals surface area contributed by atoms with E-state index >= 15 is 0 Å². The average Bonchev–Trinajstić information content (AvgIpc) is 3.67. The minimum atomic E-state index is -0.564. The molecule has 3 aliphatic rings. The van der Waals surface area contributed by atoms with Crippen LogP contribution in [0.1, 0.15) is 24.0 Å². The Morgan fingerprint density at radius 1 is 0.944 bits per heavy atom. The number of allylic oxidation sites excluding steroid dienone is 2. The van der Waals surface area contributed by atoms with Gasteiger partial charge >= 0.3 is 0 Å². The first kappa shape index (κ1) is 25.5. The van der Waals surface area contributed by atoms with E-state index in [2.05, 4.69) is 180 Å². The maximum absolute atomic E-state index is 5.43. The van der Waals surface area contributed by atoms with E-state index < -0.39 is 10.5 Å². The first-order chi connectivity index (χ1) is 17.3. The predicted molar refractivity (Wildman–Crippen MR) is 182 cm³/mol. The van der Waals surface area contributed by atoms with Gasteiger partial charge in [-0.15, -0.1) is 0 Å². The van der Waals surface area contributed by atoms with Crippen LogP contribution >= 0.6 is 90.4 Å². The van der Waals surface area contributed by atoms with Gasteiger partial charge in [-0.3, -0.25) is 15.0 Å². The highest BCUT2D eigenvalue weighted by molar-refractivity contribution is 14.1. The van der Waals surface area contributed by atoms with Crippen LogP contribution < -0.4 is 10.7 Å². The number of H-pyrrole nitrogens is 1. The number of rotatable bonds is 2. The van der Waals surface area contributed by atoms with Crippen molar-refractivity contribution in [3.8, 4) is 0 Å². The lowest BCUT2D eigenvalue weighted by Crippen LogP contribution is -2.42. The molecule has 1 N–H and O–H groups in total. The second-order valence-electron chi connectivity index (χ2n) is 8.92. The van der Waals surface area contributed by atoms with E-state index in [1.807, 2.05) is 12.3 Å². The van der Waals surface area contributed by atoms with Gasteiger partial charge in [-0.2, -0.15) is 0 Å². The number of aromatic nitrogens is 3. The molecule has 4 unspecified atom stereocenters. The first-order valence-corrected chi connectivity index (χ1v) is 16.0. The van der Waals surface area contributed by atoms with Gasteiger partial charge in [-0.1, -0.05) is 51.2 Å². The van der Waals surface area contributed by atoms with Crippen LogP contribution in [0.4, 0.5) is 0 Å². The fraction of sp³-hybridized carbons (Fsp3) is 0.222. The van der Waals surface area contributed by atoms with Crippen molar-refractivity contribution in [2.24, 2.45) is 9.98 Å². The van der Waals surface area contributed by atoms with Crippen molar-refractivity contribution in [3.63, 3.8) is 0 Å². The van der Waals surface area contributed by atoms with E-state index in [4.69, 9.17) is 15.0 Å². The summed E-state index contributed by atoms with van der Waals surface area (Å²) in [5, 5.41) is 2.10. The van der Waals surface area contributed by atoms with E-state index in [0.717, 1.165) is 40.1 Å². The number of aromatic amines is 1. The Labute approximate surface area is 264 Å². The average molecular weight is 923 g/mol. The maximum atomic E-state index is 5.43. The van der Waals surface area contributed by atoms with Gasteiger partial charge in [0.1, 0.15) is 6.97 Å². The predicted octanol–water partition coefficient (Wildman–Crippen LogP) is 5.62. The van der Waals surface area contributed by atoms with Crippen LogP contribution in [0.25, 0.3) is 12.2 Å². The van der Waals surface area contributed by atoms with Gasteiger partial charge in [0.15, 0.2) is 3.55 Å². The van der Waals surface area contributed by atoms with Crippen LogP contribution in [0.15, 0.2) is 83.0 Å². The molecule has 182 valence electrons. The smallest absolute Gasteiger partial charge is 0.156 e. The van der Waals surface area contributed by atoms with E-state index in [9.17, 15) is 0 Å². The number of halogens is 4. The summed E-state index contributed by atoms with van der Waals surface area (Å²) in [6, 6.07) is 14.8. The second-order valence-corrected chi connectivity index (χ2v) is 15.2. The van der Waals surface area contributed by atoms with Gasteiger partial charge in [0.2, 0.25) is 0 Å². The Hall–Kier alpha value is -0.810. The number of aliphatic imine (C=N–C) groups is 2. The monoisotopic (exact) mass is 923 g/mol. The Bertz CT molecular complexity index is 1600. The summed E-state index contributed by atoms with van der Waals surface area (Å²) in [6.07, 6.45) is 14.9. The van der Waals surface area contributed by atoms with Crippen LogP contribution in [-0.2, 0) is 9.97 Å². The Balaban J connectivity index is 1.67. The molecule has 8 bridgehead atoms. The van der Waals surface area contributed by atoms with E-state index in [1.54, 1.807) is 0 Å². The zero-order chi connectivity index (χ0) is 25.1. The summed E-state index contributed by atoms with van der Waals surface area (Å²) in [5.74, 6) is 0. The van der Waals surface area contributed by atoms with E-state index in [-0.39, 0.29) is 3.92 Å². The van der Waals surface area contributed by atoms with Crippen LogP contribution in [0.3, 0.4) is 0 Å². The van der Waals surface area contributed by atoms with Gasteiger partial charge in [0.25, 0.3) is 0 Å². The minimum absolute atomic E-state index is 0.0732. The number of hydrogen-bond donors (Lipinski definition) is 1. The first-order valence-electron chi connectivity index (χ1n) is 11.5. The fourth-order valence-electron chi connectivity index (χ4n) is 4.93. The fourth-order valence-corrected chi connectivity index (χ4v) is 8.50. The Kier molecular flexibility index (Phi) is 6.67. The van der Waals surface area contributed by atoms with E-state index in [0.29, 0.717) is 0 Å².